The van der Waals surface area contributed by atoms with Crippen LogP contribution in [0.3, 0.4) is 0 Å². The zero-order valence-electron chi connectivity index (χ0n) is 11.8. The molecule has 0 aliphatic rings. The number of nitrogens with two attached hydrogens (primary N) is 1. The van der Waals surface area contributed by atoms with E-state index in [1.54, 1.807) is 13.4 Å². The molecule has 11 heteroatoms. The number of nitrogens with one attached hydrogen (secondary N) is 1. The number of aromatic nitrogens is 7. The second-order valence-electron chi connectivity index (χ2n) is 4.36. The number of tetrazole rings is 1. The van der Waals surface area contributed by atoms with E-state index in [1.165, 1.54) is 4.68 Å². The van der Waals surface area contributed by atoms with E-state index in [2.05, 4.69) is 31.0 Å². The van der Waals surface area contributed by atoms with E-state index in [0.717, 1.165) is 0 Å². The molecule has 2 aromatic heterocycles. The summed E-state index contributed by atoms with van der Waals surface area (Å²) in [6.07, 6.45) is 1.59. The van der Waals surface area contributed by atoms with Crippen molar-refractivity contribution >= 4 is 11.9 Å². The van der Waals surface area contributed by atoms with Crippen LogP contribution in [0.15, 0.2) is 6.33 Å². The van der Waals surface area contributed by atoms with Gasteiger partial charge in [0.05, 0.1) is 12.6 Å². The lowest BCUT2D eigenvalue weighted by Gasteiger charge is -2.14. The maximum Gasteiger partial charge on any atom is 0.242 e. The van der Waals surface area contributed by atoms with Crippen LogP contribution < -0.4 is 11.1 Å². The average Bonchev–Trinajstić information content (AvgIpc) is 3.06. The average molecular weight is 295 g/mol. The Kier molecular flexibility index (Phi) is 4.77. The van der Waals surface area contributed by atoms with Gasteiger partial charge in [-0.2, -0.15) is 0 Å². The first-order valence-electron chi connectivity index (χ1n) is 6.29. The van der Waals surface area contributed by atoms with Crippen LogP contribution in [-0.2, 0) is 22.6 Å². The van der Waals surface area contributed by atoms with Gasteiger partial charge in [-0.15, -0.1) is 10.2 Å². The van der Waals surface area contributed by atoms with Crippen molar-refractivity contribution in [3.8, 4) is 0 Å². The van der Waals surface area contributed by atoms with Crippen LogP contribution in [0.25, 0.3) is 0 Å². The first-order valence-corrected chi connectivity index (χ1v) is 6.29. The van der Waals surface area contributed by atoms with Gasteiger partial charge in [0.1, 0.15) is 12.9 Å². The predicted molar refractivity (Wildman–Crippen MR) is 70.7 cm³/mol. The summed E-state index contributed by atoms with van der Waals surface area (Å²) in [5.74, 6) is 0.453. The molecule has 0 aliphatic heterocycles. The number of rotatable bonds is 7. The molecule has 2 heterocycles. The summed E-state index contributed by atoms with van der Waals surface area (Å²) in [4.78, 5) is 11.9. The molecule has 0 saturated heterocycles. The van der Waals surface area contributed by atoms with Crippen molar-refractivity contribution in [1.82, 2.24) is 40.3 Å². The Labute approximate surface area is 120 Å². The molecule has 1 amide bonds. The fourth-order valence-corrected chi connectivity index (χ4v) is 1.77. The summed E-state index contributed by atoms with van der Waals surface area (Å²) < 4.78 is 8.04. The van der Waals surface area contributed by atoms with Gasteiger partial charge in [0.25, 0.3) is 0 Å². The minimum Gasteiger partial charge on any atom is -0.383 e. The molecule has 0 fully saturated rings. The molecular weight excluding hydrogens is 278 g/mol. The summed E-state index contributed by atoms with van der Waals surface area (Å²) in [7, 11) is 1.62. The number of carbonyl (C=O) groups is 1. The highest BCUT2D eigenvalue weighted by Crippen LogP contribution is 2.08. The van der Waals surface area contributed by atoms with Gasteiger partial charge in [-0.05, 0) is 17.4 Å². The van der Waals surface area contributed by atoms with E-state index in [4.69, 9.17) is 10.5 Å². The molecule has 114 valence electrons. The minimum atomic E-state index is -0.311. The Hall–Kier alpha value is -2.56. The maximum absolute atomic E-state index is 11.9. The standard InChI is InChI=1S/C10H17N9O2/c1-7(9-14-12-6-18(9)3-4-21-2)13-8(20)5-19-10(11)15-16-17-19/h6-7H,3-5H2,1-2H3,(H,13,20)(H2,11,15,17)/t7-/m0/s1. The molecule has 2 aromatic rings. The summed E-state index contributed by atoms with van der Waals surface area (Å²) >= 11 is 0. The van der Waals surface area contributed by atoms with Gasteiger partial charge in [0.2, 0.25) is 11.9 Å². The van der Waals surface area contributed by atoms with E-state index in [1.807, 2.05) is 11.5 Å². The van der Waals surface area contributed by atoms with Crippen molar-refractivity contribution < 1.29 is 9.53 Å². The number of nitrogen functional groups attached to an aromatic ring is 1. The summed E-state index contributed by atoms with van der Waals surface area (Å²) in [6, 6.07) is -0.311. The summed E-state index contributed by atoms with van der Waals surface area (Å²) in [5.41, 5.74) is 5.50. The van der Waals surface area contributed by atoms with Crippen LogP contribution in [0.4, 0.5) is 5.95 Å². The number of anilines is 1. The van der Waals surface area contributed by atoms with Crippen LogP contribution >= 0.6 is 0 Å². The monoisotopic (exact) mass is 295 g/mol. The van der Waals surface area contributed by atoms with Crippen molar-refractivity contribution in [3.63, 3.8) is 0 Å². The van der Waals surface area contributed by atoms with Crippen molar-refractivity contribution in [2.75, 3.05) is 19.5 Å². The molecule has 11 nitrogen and oxygen atoms in total. The highest BCUT2D eigenvalue weighted by atomic mass is 16.5. The third kappa shape index (κ3) is 3.72. The minimum absolute atomic E-state index is 0.0601. The van der Waals surface area contributed by atoms with Crippen LogP contribution in [0.1, 0.15) is 18.8 Å². The lowest BCUT2D eigenvalue weighted by Crippen LogP contribution is -2.32. The number of hydrogen-bond donors (Lipinski definition) is 2. The quantitative estimate of drug-likeness (QED) is 0.620. The SMILES string of the molecule is COCCn1cnnc1[C@H](C)NC(=O)Cn1nnnc1N. The Bertz CT molecular complexity index is 593. The molecule has 3 N–H and O–H groups in total. The summed E-state index contributed by atoms with van der Waals surface area (Å²) in [6.45, 7) is 2.90. The Morgan fingerprint density at radius 1 is 1.52 bits per heavy atom. The second kappa shape index (κ2) is 6.74. The zero-order valence-corrected chi connectivity index (χ0v) is 11.8. The normalized spacial score (nSPS) is 12.3. The van der Waals surface area contributed by atoms with E-state index >= 15 is 0 Å². The van der Waals surface area contributed by atoms with Crippen LogP contribution in [0.2, 0.25) is 0 Å². The number of methoxy groups -OCH3 is 1. The van der Waals surface area contributed by atoms with E-state index in [0.29, 0.717) is 19.0 Å². The molecular formula is C10H17N9O2. The molecule has 2 rings (SSSR count). The number of amides is 1. The Morgan fingerprint density at radius 3 is 3.00 bits per heavy atom. The Morgan fingerprint density at radius 2 is 2.33 bits per heavy atom. The molecule has 0 unspecified atom stereocenters. The third-order valence-electron chi connectivity index (χ3n) is 2.80. The first kappa shape index (κ1) is 14.8. The number of hydrogen-bond acceptors (Lipinski definition) is 8. The molecule has 0 bridgehead atoms. The van der Waals surface area contributed by atoms with Crippen LogP contribution in [0, 0.1) is 0 Å². The van der Waals surface area contributed by atoms with Crippen molar-refractivity contribution in [2.24, 2.45) is 0 Å². The van der Waals surface area contributed by atoms with Gasteiger partial charge in [-0.1, -0.05) is 5.10 Å². The molecule has 1 atom stereocenters. The molecule has 0 spiro atoms. The van der Waals surface area contributed by atoms with Gasteiger partial charge in [0, 0.05) is 13.7 Å². The Balaban J connectivity index is 1.94. The van der Waals surface area contributed by atoms with Crippen LogP contribution in [0.5, 0.6) is 0 Å². The van der Waals surface area contributed by atoms with Gasteiger partial charge in [-0.3, -0.25) is 4.79 Å². The first-order chi connectivity index (χ1) is 10.1. The van der Waals surface area contributed by atoms with Gasteiger partial charge < -0.3 is 20.4 Å². The lowest BCUT2D eigenvalue weighted by molar-refractivity contribution is -0.122. The fourth-order valence-electron chi connectivity index (χ4n) is 1.77. The van der Waals surface area contributed by atoms with Crippen molar-refractivity contribution in [2.45, 2.75) is 26.1 Å². The van der Waals surface area contributed by atoms with E-state index < -0.39 is 0 Å². The van der Waals surface area contributed by atoms with Gasteiger partial charge >= 0.3 is 0 Å². The van der Waals surface area contributed by atoms with Crippen molar-refractivity contribution in [1.29, 1.82) is 0 Å². The molecule has 0 saturated carbocycles. The van der Waals surface area contributed by atoms with E-state index in [9.17, 15) is 4.79 Å². The third-order valence-corrected chi connectivity index (χ3v) is 2.80. The second-order valence-corrected chi connectivity index (χ2v) is 4.36. The topological polar surface area (TPSA) is 139 Å². The predicted octanol–water partition coefficient (Wildman–Crippen LogP) is -1.63. The lowest BCUT2D eigenvalue weighted by atomic mass is 10.3. The summed E-state index contributed by atoms with van der Waals surface area (Å²) in [5, 5.41) is 21.1. The number of nitrogens with zero attached hydrogens (tertiary/aromatic N) is 7. The molecule has 0 aliphatic carbocycles. The van der Waals surface area contributed by atoms with E-state index in [-0.39, 0.29) is 24.4 Å². The smallest absolute Gasteiger partial charge is 0.242 e. The highest BCUT2D eigenvalue weighted by Gasteiger charge is 2.16. The molecule has 0 radical (unpaired) electrons. The maximum atomic E-state index is 11.9. The van der Waals surface area contributed by atoms with Gasteiger partial charge in [0.15, 0.2) is 5.82 Å². The molecule has 21 heavy (non-hydrogen) atoms. The van der Waals surface area contributed by atoms with Gasteiger partial charge in [-0.25, -0.2) is 4.68 Å². The largest absolute Gasteiger partial charge is 0.383 e. The number of ether oxygens (including phenoxy) is 1. The highest BCUT2D eigenvalue weighted by molar-refractivity contribution is 5.76. The molecule has 0 aromatic carbocycles. The number of carbonyl (C=O) groups excluding carboxylic acids is 1. The van der Waals surface area contributed by atoms with Crippen molar-refractivity contribution in [3.05, 3.63) is 12.2 Å². The zero-order chi connectivity index (χ0) is 15.2. The van der Waals surface area contributed by atoms with Crippen LogP contribution in [-0.4, -0.2) is 54.6 Å². The fraction of sp³-hybridized carbons (Fsp3) is 0.600.